The minimum Gasteiger partial charge on any atom is -0.507 e. The standard InChI is InChI=1S/C21H21IN2O7/c1-24(2)15-9-6-7-5-8-10(22)3-4-11(25)13(8)16(26)12(7)18(28)21(9,31)19(29)14(17(15)27)20(23)30/h3-4,7,9,12,14-15,25,31H,5-6H2,1-2H3,(H2,23,30)/t7-,9-,12?,14?,15-,21-/m0/s1. The lowest BCUT2D eigenvalue weighted by molar-refractivity contribution is -0.181. The molecule has 0 bridgehead atoms. The van der Waals surface area contributed by atoms with Gasteiger partial charge in [0.1, 0.15) is 5.75 Å². The van der Waals surface area contributed by atoms with Crippen LogP contribution in [0.5, 0.6) is 5.75 Å². The lowest BCUT2D eigenvalue weighted by atomic mass is 9.52. The van der Waals surface area contributed by atoms with E-state index < -0.39 is 64.4 Å². The number of aliphatic hydroxyl groups is 1. The van der Waals surface area contributed by atoms with E-state index in [1.807, 2.05) is 22.6 Å². The molecule has 2 saturated carbocycles. The van der Waals surface area contributed by atoms with Crippen molar-refractivity contribution in [2.75, 3.05) is 14.1 Å². The summed E-state index contributed by atoms with van der Waals surface area (Å²) >= 11 is 2.04. The number of phenols is 1. The summed E-state index contributed by atoms with van der Waals surface area (Å²) in [7, 11) is 3.10. The van der Waals surface area contributed by atoms with Crippen LogP contribution >= 0.6 is 22.6 Å². The van der Waals surface area contributed by atoms with Crippen molar-refractivity contribution in [1.82, 2.24) is 4.90 Å². The summed E-state index contributed by atoms with van der Waals surface area (Å²) in [4.78, 5) is 66.2. The lowest BCUT2D eigenvalue weighted by Gasteiger charge is -2.52. The zero-order valence-electron chi connectivity index (χ0n) is 16.8. The van der Waals surface area contributed by atoms with Crippen LogP contribution in [-0.4, -0.2) is 69.9 Å². The fraction of sp³-hybridized carbons (Fsp3) is 0.476. The van der Waals surface area contributed by atoms with Gasteiger partial charge in [0.2, 0.25) is 5.91 Å². The van der Waals surface area contributed by atoms with Gasteiger partial charge in [-0.1, -0.05) is 0 Å². The highest BCUT2D eigenvalue weighted by molar-refractivity contribution is 14.1. The van der Waals surface area contributed by atoms with Crippen LogP contribution in [0, 0.1) is 27.2 Å². The van der Waals surface area contributed by atoms with Gasteiger partial charge in [0.15, 0.2) is 34.7 Å². The van der Waals surface area contributed by atoms with Gasteiger partial charge in [0.05, 0.1) is 17.5 Å². The normalized spacial score (nSPS) is 34.9. The predicted molar refractivity (Wildman–Crippen MR) is 114 cm³/mol. The van der Waals surface area contributed by atoms with Crippen LogP contribution in [0.4, 0.5) is 0 Å². The van der Waals surface area contributed by atoms with Gasteiger partial charge in [-0.05, 0) is 73.1 Å². The highest BCUT2D eigenvalue weighted by Crippen LogP contribution is 2.50. The minimum absolute atomic E-state index is 0.0125. The number of nitrogens with zero attached hydrogens (tertiary/aromatic N) is 1. The Balaban J connectivity index is 1.88. The second-order valence-corrected chi connectivity index (χ2v) is 9.87. The van der Waals surface area contributed by atoms with E-state index in [4.69, 9.17) is 5.73 Å². The Morgan fingerprint density at radius 3 is 2.42 bits per heavy atom. The summed E-state index contributed by atoms with van der Waals surface area (Å²) in [5, 5.41) is 21.7. The van der Waals surface area contributed by atoms with Gasteiger partial charge in [-0.15, -0.1) is 0 Å². The molecule has 10 heteroatoms. The topological polar surface area (TPSA) is 155 Å². The van der Waals surface area contributed by atoms with Crippen molar-refractivity contribution in [1.29, 1.82) is 0 Å². The number of primary amides is 1. The first-order chi connectivity index (χ1) is 14.4. The Hall–Kier alpha value is -2.18. The first kappa shape index (κ1) is 22.0. The molecule has 3 aliphatic rings. The number of phenolic OH excluding ortho intramolecular Hbond substituents is 1. The second-order valence-electron chi connectivity index (χ2n) is 8.71. The molecule has 1 aromatic rings. The number of benzene rings is 1. The average Bonchev–Trinajstić information content (AvgIpc) is 2.67. The van der Waals surface area contributed by atoms with Crippen molar-refractivity contribution in [2.45, 2.75) is 24.5 Å². The van der Waals surface area contributed by atoms with Crippen LogP contribution in [-0.2, 0) is 25.6 Å². The zero-order valence-corrected chi connectivity index (χ0v) is 19.0. The molecule has 0 heterocycles. The lowest BCUT2D eigenvalue weighted by Crippen LogP contribution is -2.74. The third-order valence-corrected chi connectivity index (χ3v) is 7.90. The van der Waals surface area contributed by atoms with Crippen molar-refractivity contribution in [3.63, 3.8) is 0 Å². The molecular weight excluding hydrogens is 519 g/mol. The van der Waals surface area contributed by atoms with Crippen molar-refractivity contribution < 1.29 is 34.2 Å². The number of amides is 1. The van der Waals surface area contributed by atoms with E-state index in [9.17, 15) is 34.2 Å². The molecule has 6 atom stereocenters. The Bertz CT molecular complexity index is 1070. The molecule has 31 heavy (non-hydrogen) atoms. The maximum absolute atomic E-state index is 13.5. The van der Waals surface area contributed by atoms with E-state index in [0.29, 0.717) is 5.56 Å². The van der Waals surface area contributed by atoms with Gasteiger partial charge < -0.3 is 15.9 Å². The molecule has 0 aliphatic heterocycles. The van der Waals surface area contributed by atoms with Crippen molar-refractivity contribution >= 4 is 51.6 Å². The Kier molecular flexibility index (Phi) is 5.10. The molecule has 4 rings (SSSR count). The number of likely N-dealkylation sites (N-methyl/N-ethyl adjacent to an activating group) is 1. The maximum Gasteiger partial charge on any atom is 0.235 e. The molecule has 0 aromatic heterocycles. The van der Waals surface area contributed by atoms with E-state index in [2.05, 4.69) is 0 Å². The molecule has 3 aliphatic carbocycles. The molecular formula is C21H21IN2O7. The van der Waals surface area contributed by atoms with Crippen LogP contribution in [0.3, 0.4) is 0 Å². The van der Waals surface area contributed by atoms with Gasteiger partial charge in [-0.25, -0.2) is 0 Å². The number of hydrogen-bond acceptors (Lipinski definition) is 8. The third kappa shape index (κ3) is 2.84. The predicted octanol–water partition coefficient (Wildman–Crippen LogP) is -0.528. The van der Waals surface area contributed by atoms with Gasteiger partial charge in [-0.3, -0.25) is 28.9 Å². The van der Waals surface area contributed by atoms with Crippen LogP contribution in [0.25, 0.3) is 0 Å². The summed E-state index contributed by atoms with van der Waals surface area (Å²) in [6.45, 7) is 0. The second kappa shape index (κ2) is 7.17. The van der Waals surface area contributed by atoms with Crippen LogP contribution in [0.15, 0.2) is 12.1 Å². The Morgan fingerprint density at radius 1 is 1.19 bits per heavy atom. The monoisotopic (exact) mass is 540 g/mol. The Morgan fingerprint density at radius 2 is 1.84 bits per heavy atom. The fourth-order valence-electron chi connectivity index (χ4n) is 5.57. The number of ketones is 4. The molecule has 2 fully saturated rings. The van der Waals surface area contributed by atoms with Gasteiger partial charge in [0.25, 0.3) is 0 Å². The molecule has 4 N–H and O–H groups in total. The highest BCUT2D eigenvalue weighted by atomic mass is 127. The number of hydrogen-bond donors (Lipinski definition) is 3. The quantitative estimate of drug-likeness (QED) is 0.334. The SMILES string of the molecule is CN(C)[C@@H]1C(=O)C(C(N)=O)C(=O)[C@@]2(O)C(=O)C3C(=O)c4c(O)ccc(I)c4C[C@H]3C[C@@H]12. The molecule has 0 radical (unpaired) electrons. The zero-order chi connectivity index (χ0) is 23.0. The van der Waals surface area contributed by atoms with E-state index in [0.717, 1.165) is 3.57 Å². The average molecular weight is 540 g/mol. The number of nitrogens with two attached hydrogens (primary N) is 1. The molecule has 1 aromatic carbocycles. The summed E-state index contributed by atoms with van der Waals surface area (Å²) < 4.78 is 0.749. The number of carbonyl (C=O) groups is 5. The van der Waals surface area contributed by atoms with Crippen molar-refractivity contribution in [2.24, 2.45) is 29.4 Å². The van der Waals surface area contributed by atoms with E-state index in [1.54, 1.807) is 20.2 Å². The number of Topliss-reactive ketones (excluding diaryl/α,β-unsaturated/α-hetero) is 4. The van der Waals surface area contributed by atoms with Crippen LogP contribution in [0.1, 0.15) is 22.3 Å². The summed E-state index contributed by atoms with van der Waals surface area (Å²) in [6, 6.07) is 1.93. The molecule has 1 amide bonds. The van der Waals surface area contributed by atoms with Crippen molar-refractivity contribution in [3.05, 3.63) is 26.8 Å². The fourth-order valence-corrected chi connectivity index (χ4v) is 6.24. The van der Waals surface area contributed by atoms with Crippen LogP contribution in [0.2, 0.25) is 0 Å². The van der Waals surface area contributed by atoms with Crippen molar-refractivity contribution in [3.8, 4) is 5.75 Å². The Labute approximate surface area is 191 Å². The number of carbonyl (C=O) groups excluding carboxylic acids is 5. The van der Waals surface area contributed by atoms with Crippen LogP contribution < -0.4 is 5.73 Å². The maximum atomic E-state index is 13.5. The van der Waals surface area contributed by atoms with E-state index in [-0.39, 0.29) is 24.2 Å². The van der Waals surface area contributed by atoms with E-state index in [1.165, 1.54) is 11.0 Å². The van der Waals surface area contributed by atoms with Gasteiger partial charge in [-0.2, -0.15) is 0 Å². The third-order valence-electron chi connectivity index (χ3n) is 6.89. The molecule has 0 spiro atoms. The number of rotatable bonds is 2. The molecule has 164 valence electrons. The molecule has 0 saturated heterocycles. The summed E-state index contributed by atoms with van der Waals surface area (Å²) in [5.74, 6) is -10.2. The number of aromatic hydroxyl groups is 1. The highest BCUT2D eigenvalue weighted by Gasteiger charge is 2.69. The van der Waals surface area contributed by atoms with Gasteiger partial charge >= 0.3 is 0 Å². The largest absolute Gasteiger partial charge is 0.507 e. The first-order valence-electron chi connectivity index (χ1n) is 9.77. The number of fused-ring (bicyclic) bond motifs is 3. The molecule has 9 nitrogen and oxygen atoms in total. The number of halogens is 1. The smallest absolute Gasteiger partial charge is 0.235 e. The van der Waals surface area contributed by atoms with Gasteiger partial charge in [0, 0.05) is 9.49 Å². The summed E-state index contributed by atoms with van der Waals surface area (Å²) in [6.07, 6.45) is 0.328. The summed E-state index contributed by atoms with van der Waals surface area (Å²) in [5.41, 5.74) is 3.21. The minimum atomic E-state index is -2.69. The van der Waals surface area contributed by atoms with E-state index >= 15 is 0 Å². The first-order valence-corrected chi connectivity index (χ1v) is 10.9. The molecule has 2 unspecified atom stereocenters.